The van der Waals surface area contributed by atoms with Gasteiger partial charge in [0.25, 0.3) is 5.91 Å². The molecule has 0 unspecified atom stereocenters. The SMILES string of the molecule is COc1n[nH]c(NC(=O)COC(C)(C)C)n1. The first-order valence-electron chi connectivity index (χ1n) is 4.81. The molecule has 16 heavy (non-hydrogen) atoms. The fourth-order valence-electron chi connectivity index (χ4n) is 0.844. The molecule has 90 valence electrons. The van der Waals surface area contributed by atoms with Crippen molar-refractivity contribution < 1.29 is 14.3 Å². The van der Waals surface area contributed by atoms with E-state index in [0.29, 0.717) is 0 Å². The number of H-pyrrole nitrogens is 1. The average molecular weight is 228 g/mol. The molecule has 0 radical (unpaired) electrons. The molecule has 1 amide bonds. The summed E-state index contributed by atoms with van der Waals surface area (Å²) in [6, 6.07) is 0.173. The van der Waals surface area contributed by atoms with Crippen molar-refractivity contribution in [2.24, 2.45) is 0 Å². The van der Waals surface area contributed by atoms with E-state index in [0.717, 1.165) is 0 Å². The van der Waals surface area contributed by atoms with Gasteiger partial charge in [-0.15, -0.1) is 5.10 Å². The van der Waals surface area contributed by atoms with Gasteiger partial charge in [0.2, 0.25) is 5.95 Å². The molecule has 0 aromatic carbocycles. The van der Waals surface area contributed by atoms with Crippen LogP contribution < -0.4 is 10.1 Å². The van der Waals surface area contributed by atoms with Gasteiger partial charge < -0.3 is 9.47 Å². The van der Waals surface area contributed by atoms with E-state index in [1.807, 2.05) is 20.8 Å². The monoisotopic (exact) mass is 228 g/mol. The highest BCUT2D eigenvalue weighted by atomic mass is 16.5. The summed E-state index contributed by atoms with van der Waals surface area (Å²) in [5.41, 5.74) is -0.351. The number of anilines is 1. The Balaban J connectivity index is 2.40. The summed E-state index contributed by atoms with van der Waals surface area (Å²) < 4.78 is 10.0. The lowest BCUT2D eigenvalue weighted by Crippen LogP contribution is -2.27. The van der Waals surface area contributed by atoms with Crippen molar-refractivity contribution in [3.05, 3.63) is 0 Å². The molecule has 0 bridgehead atoms. The molecule has 1 rings (SSSR count). The molecule has 1 heterocycles. The third-order valence-corrected chi connectivity index (χ3v) is 1.54. The number of nitrogens with zero attached hydrogens (tertiary/aromatic N) is 2. The highest BCUT2D eigenvalue weighted by molar-refractivity contribution is 5.89. The summed E-state index contributed by atoms with van der Waals surface area (Å²) in [7, 11) is 1.44. The average Bonchev–Trinajstić information content (AvgIpc) is 2.61. The maximum atomic E-state index is 11.4. The van der Waals surface area contributed by atoms with E-state index in [9.17, 15) is 4.79 Å². The molecule has 7 nitrogen and oxygen atoms in total. The predicted molar refractivity (Wildman–Crippen MR) is 57.3 cm³/mol. The molecular weight excluding hydrogens is 212 g/mol. The summed E-state index contributed by atoms with van der Waals surface area (Å²) in [6.45, 7) is 5.58. The van der Waals surface area contributed by atoms with Crippen molar-refractivity contribution in [1.82, 2.24) is 15.2 Å². The van der Waals surface area contributed by atoms with E-state index in [-0.39, 0.29) is 30.1 Å². The van der Waals surface area contributed by atoms with Gasteiger partial charge in [0.05, 0.1) is 12.7 Å². The minimum absolute atomic E-state index is 0.0352. The van der Waals surface area contributed by atoms with E-state index >= 15 is 0 Å². The lowest BCUT2D eigenvalue weighted by molar-refractivity contribution is -0.125. The third-order valence-electron chi connectivity index (χ3n) is 1.54. The summed E-state index contributed by atoms with van der Waals surface area (Å²) in [5, 5.41) is 8.69. The molecule has 0 aliphatic rings. The Bertz CT molecular complexity index is 356. The van der Waals surface area contributed by atoms with Crippen LogP contribution >= 0.6 is 0 Å². The number of rotatable bonds is 4. The molecule has 1 aromatic rings. The van der Waals surface area contributed by atoms with Gasteiger partial charge in [0, 0.05) is 0 Å². The van der Waals surface area contributed by atoms with E-state index in [1.165, 1.54) is 7.11 Å². The van der Waals surface area contributed by atoms with E-state index in [2.05, 4.69) is 20.5 Å². The number of aromatic nitrogens is 3. The van der Waals surface area contributed by atoms with Crippen LogP contribution in [0.5, 0.6) is 6.01 Å². The number of carbonyl (C=O) groups is 1. The number of nitrogens with one attached hydrogen (secondary N) is 2. The number of amides is 1. The lowest BCUT2D eigenvalue weighted by Gasteiger charge is -2.18. The molecule has 7 heteroatoms. The fourth-order valence-corrected chi connectivity index (χ4v) is 0.844. The molecule has 0 atom stereocenters. The largest absolute Gasteiger partial charge is 0.466 e. The van der Waals surface area contributed by atoms with Crippen molar-refractivity contribution in [2.75, 3.05) is 19.0 Å². The number of carbonyl (C=O) groups excluding carboxylic acids is 1. The second kappa shape index (κ2) is 4.93. The summed E-state index contributed by atoms with van der Waals surface area (Å²) in [6.07, 6.45) is 0. The molecule has 0 aliphatic heterocycles. The highest BCUT2D eigenvalue weighted by Crippen LogP contribution is 2.07. The molecule has 1 aromatic heterocycles. The summed E-state index contributed by atoms with van der Waals surface area (Å²) >= 11 is 0. The minimum Gasteiger partial charge on any atom is -0.466 e. The molecule has 2 N–H and O–H groups in total. The van der Waals surface area contributed by atoms with Gasteiger partial charge in [0.1, 0.15) is 6.61 Å². The zero-order valence-electron chi connectivity index (χ0n) is 9.83. The van der Waals surface area contributed by atoms with Gasteiger partial charge in [-0.05, 0) is 20.8 Å². The Kier molecular flexibility index (Phi) is 3.83. The van der Waals surface area contributed by atoms with Crippen LogP contribution in [0.15, 0.2) is 0 Å². The Labute approximate surface area is 93.5 Å². The van der Waals surface area contributed by atoms with E-state index < -0.39 is 0 Å². The number of aromatic amines is 1. The van der Waals surface area contributed by atoms with Gasteiger partial charge in [0.15, 0.2) is 0 Å². The van der Waals surface area contributed by atoms with Gasteiger partial charge in [-0.1, -0.05) is 0 Å². The summed E-state index contributed by atoms with van der Waals surface area (Å²) in [4.78, 5) is 15.2. The van der Waals surface area contributed by atoms with Crippen LogP contribution in [0.25, 0.3) is 0 Å². The second-order valence-electron chi connectivity index (χ2n) is 4.12. The van der Waals surface area contributed by atoms with Gasteiger partial charge in [-0.3, -0.25) is 10.1 Å². The van der Waals surface area contributed by atoms with Crippen LogP contribution in [0.1, 0.15) is 20.8 Å². The standard InChI is InChI=1S/C9H16N4O3/c1-9(2,3)16-5-6(14)10-7-11-8(15-4)13-12-7/h5H2,1-4H3,(H2,10,11,12,13,14). The zero-order valence-corrected chi connectivity index (χ0v) is 9.83. The highest BCUT2D eigenvalue weighted by Gasteiger charge is 2.14. The van der Waals surface area contributed by atoms with Crippen LogP contribution in [0.4, 0.5) is 5.95 Å². The zero-order chi connectivity index (χ0) is 12.2. The van der Waals surface area contributed by atoms with E-state index in [1.54, 1.807) is 0 Å². The van der Waals surface area contributed by atoms with Crippen molar-refractivity contribution in [1.29, 1.82) is 0 Å². The lowest BCUT2D eigenvalue weighted by atomic mass is 10.2. The topological polar surface area (TPSA) is 89.1 Å². The smallest absolute Gasteiger partial charge is 0.336 e. The number of hydrogen-bond acceptors (Lipinski definition) is 5. The number of ether oxygens (including phenoxy) is 2. The Morgan fingerprint density at radius 3 is 2.69 bits per heavy atom. The molecular formula is C9H16N4O3. The number of hydrogen-bond donors (Lipinski definition) is 2. The van der Waals surface area contributed by atoms with Crippen LogP contribution in [0.3, 0.4) is 0 Å². The normalized spacial score (nSPS) is 11.2. The van der Waals surface area contributed by atoms with Gasteiger partial charge in [-0.25, -0.2) is 5.10 Å². The first-order chi connectivity index (χ1) is 7.40. The van der Waals surface area contributed by atoms with Gasteiger partial charge >= 0.3 is 6.01 Å². The van der Waals surface area contributed by atoms with Gasteiger partial charge in [-0.2, -0.15) is 4.98 Å². The fraction of sp³-hybridized carbons (Fsp3) is 0.667. The minimum atomic E-state index is -0.351. The molecule has 0 spiro atoms. The quantitative estimate of drug-likeness (QED) is 0.786. The maximum Gasteiger partial charge on any atom is 0.336 e. The Hall–Kier alpha value is -1.63. The van der Waals surface area contributed by atoms with Crippen LogP contribution in [-0.2, 0) is 9.53 Å². The van der Waals surface area contributed by atoms with E-state index in [4.69, 9.17) is 9.47 Å². The first kappa shape index (κ1) is 12.4. The van der Waals surface area contributed by atoms with Crippen LogP contribution in [0.2, 0.25) is 0 Å². The second-order valence-corrected chi connectivity index (χ2v) is 4.12. The number of methoxy groups -OCH3 is 1. The summed E-state index contributed by atoms with van der Waals surface area (Å²) in [5.74, 6) is -0.0620. The Morgan fingerprint density at radius 2 is 2.19 bits per heavy atom. The molecule has 0 saturated carbocycles. The maximum absolute atomic E-state index is 11.4. The molecule has 0 saturated heterocycles. The predicted octanol–water partition coefficient (Wildman–Crippen LogP) is 0.567. The van der Waals surface area contributed by atoms with Crippen LogP contribution in [-0.4, -0.2) is 40.4 Å². The van der Waals surface area contributed by atoms with Crippen molar-refractivity contribution in [2.45, 2.75) is 26.4 Å². The van der Waals surface area contributed by atoms with Crippen molar-refractivity contribution in [3.8, 4) is 6.01 Å². The first-order valence-corrected chi connectivity index (χ1v) is 4.81. The Morgan fingerprint density at radius 1 is 1.50 bits per heavy atom. The molecule has 0 aliphatic carbocycles. The van der Waals surface area contributed by atoms with Crippen molar-refractivity contribution >= 4 is 11.9 Å². The van der Waals surface area contributed by atoms with Crippen LogP contribution in [0, 0.1) is 0 Å². The molecule has 0 fully saturated rings. The van der Waals surface area contributed by atoms with Crippen molar-refractivity contribution in [3.63, 3.8) is 0 Å². The third kappa shape index (κ3) is 4.26.